The molecule has 3 aliphatic rings. The number of carbonyl (C=O) groups excluding carboxylic acids is 3. The van der Waals surface area contributed by atoms with Gasteiger partial charge in [-0.1, -0.05) is 11.6 Å². The summed E-state index contributed by atoms with van der Waals surface area (Å²) < 4.78 is 16.2. The van der Waals surface area contributed by atoms with Crippen molar-refractivity contribution in [1.29, 1.82) is 0 Å². The molecular weight excluding hydrogens is 454 g/mol. The first-order valence-corrected chi connectivity index (χ1v) is 10.8. The van der Waals surface area contributed by atoms with Crippen LogP contribution in [-0.4, -0.2) is 35.4 Å². The number of ether oxygens (including phenoxy) is 3. The van der Waals surface area contributed by atoms with Crippen molar-refractivity contribution in [2.75, 3.05) is 6.61 Å². The van der Waals surface area contributed by atoms with Gasteiger partial charge in [-0.15, -0.1) is 0 Å². The number of nitrogens with zero attached hydrogens (tertiary/aromatic N) is 1. The molecule has 10 heteroatoms. The Hall–Kier alpha value is -3.46. The Bertz CT molecular complexity index is 1160. The third kappa shape index (κ3) is 3.82. The number of nitro benzene ring substituents is 1. The molecule has 9 nitrogen and oxygen atoms in total. The fourth-order valence-electron chi connectivity index (χ4n) is 5.16. The first-order chi connectivity index (χ1) is 15.8. The number of nitro groups is 1. The Kier molecular flexibility index (Phi) is 5.28. The van der Waals surface area contributed by atoms with Crippen LogP contribution in [0.3, 0.4) is 0 Å². The molecule has 0 spiro atoms. The van der Waals surface area contributed by atoms with Gasteiger partial charge in [0, 0.05) is 23.6 Å². The molecule has 1 saturated heterocycles. The van der Waals surface area contributed by atoms with Gasteiger partial charge in [0.25, 0.3) is 5.69 Å². The number of carbonyl (C=O) groups is 3. The summed E-state index contributed by atoms with van der Waals surface area (Å²) in [6.07, 6.45) is 1.37. The third-order valence-electron chi connectivity index (χ3n) is 6.63. The summed E-state index contributed by atoms with van der Waals surface area (Å²) in [4.78, 5) is 47.4. The molecule has 3 fully saturated rings. The zero-order chi connectivity index (χ0) is 23.3. The Labute approximate surface area is 192 Å². The minimum Gasteiger partial charge on any atom is -0.462 e. The van der Waals surface area contributed by atoms with E-state index in [0.29, 0.717) is 12.2 Å². The molecule has 1 aliphatic heterocycles. The number of esters is 2. The fraction of sp³-hybridized carbons (Fsp3) is 0.348. The summed E-state index contributed by atoms with van der Waals surface area (Å²) in [5.74, 6) is -1.58. The zero-order valence-electron chi connectivity index (χ0n) is 17.1. The minimum absolute atomic E-state index is 0.0596. The Balaban J connectivity index is 1.20. The van der Waals surface area contributed by atoms with E-state index in [1.165, 1.54) is 42.5 Å². The molecule has 2 aromatic carbocycles. The van der Waals surface area contributed by atoms with Gasteiger partial charge in [0.05, 0.1) is 21.8 Å². The highest BCUT2D eigenvalue weighted by atomic mass is 35.5. The summed E-state index contributed by atoms with van der Waals surface area (Å²) in [7, 11) is 0. The van der Waals surface area contributed by atoms with Gasteiger partial charge >= 0.3 is 11.9 Å². The predicted octanol–water partition coefficient (Wildman–Crippen LogP) is 3.96. The summed E-state index contributed by atoms with van der Waals surface area (Å²) in [5, 5.41) is 10.9. The minimum atomic E-state index is -0.546. The van der Waals surface area contributed by atoms with Gasteiger partial charge < -0.3 is 14.2 Å². The number of non-ortho nitro benzene ring substituents is 1. The van der Waals surface area contributed by atoms with Crippen LogP contribution in [0.5, 0.6) is 11.5 Å². The quantitative estimate of drug-likeness (QED) is 0.257. The monoisotopic (exact) mass is 471 g/mol. The fourth-order valence-corrected chi connectivity index (χ4v) is 5.38. The van der Waals surface area contributed by atoms with Crippen molar-refractivity contribution in [3.63, 3.8) is 0 Å². The van der Waals surface area contributed by atoms with E-state index in [2.05, 4.69) is 0 Å². The van der Waals surface area contributed by atoms with Gasteiger partial charge in [0.1, 0.15) is 17.6 Å². The second-order valence-corrected chi connectivity index (χ2v) is 8.86. The molecule has 2 aliphatic carbocycles. The number of fused-ring (bicyclic) bond motifs is 1. The van der Waals surface area contributed by atoms with Crippen molar-refractivity contribution < 1.29 is 33.5 Å². The number of halogens is 1. The Morgan fingerprint density at radius 1 is 1.15 bits per heavy atom. The maximum atomic E-state index is 12.6. The van der Waals surface area contributed by atoms with Crippen molar-refractivity contribution in [3.8, 4) is 11.5 Å². The number of rotatable bonds is 7. The lowest BCUT2D eigenvalue weighted by molar-refractivity contribution is -0.384. The van der Waals surface area contributed by atoms with Crippen LogP contribution >= 0.6 is 11.6 Å². The Morgan fingerprint density at radius 2 is 1.91 bits per heavy atom. The van der Waals surface area contributed by atoms with Gasteiger partial charge in [0.2, 0.25) is 0 Å². The number of hydrogen-bond donors (Lipinski definition) is 0. The van der Waals surface area contributed by atoms with E-state index in [0.717, 1.165) is 6.42 Å². The summed E-state index contributed by atoms with van der Waals surface area (Å²) in [5.41, 5.74) is 0.163. The van der Waals surface area contributed by atoms with Crippen LogP contribution in [0.25, 0.3) is 0 Å². The molecule has 2 aromatic rings. The number of hydrogen-bond acceptors (Lipinski definition) is 8. The lowest BCUT2D eigenvalue weighted by Gasteiger charge is -2.22. The molecule has 1 heterocycles. The van der Waals surface area contributed by atoms with E-state index >= 15 is 0 Å². The largest absolute Gasteiger partial charge is 0.462 e. The maximum absolute atomic E-state index is 12.6. The van der Waals surface area contributed by atoms with Crippen LogP contribution in [0.1, 0.15) is 23.2 Å². The van der Waals surface area contributed by atoms with Gasteiger partial charge in [0.15, 0.2) is 12.4 Å². The van der Waals surface area contributed by atoms with E-state index in [4.69, 9.17) is 25.8 Å². The molecule has 0 aromatic heterocycles. The molecule has 2 saturated carbocycles. The molecule has 5 atom stereocenters. The highest BCUT2D eigenvalue weighted by molar-refractivity contribution is 6.32. The van der Waals surface area contributed by atoms with Crippen molar-refractivity contribution >= 4 is 35.0 Å². The lowest BCUT2D eigenvalue weighted by atomic mass is 9.80. The molecule has 0 amide bonds. The van der Waals surface area contributed by atoms with E-state index in [1.54, 1.807) is 0 Å². The average Bonchev–Trinajstić information content (AvgIpc) is 3.42. The normalized spacial score (nSPS) is 26.7. The van der Waals surface area contributed by atoms with E-state index < -0.39 is 35.1 Å². The number of ketones is 1. The van der Waals surface area contributed by atoms with Crippen LogP contribution in [-0.2, 0) is 19.1 Å². The highest BCUT2D eigenvalue weighted by Crippen LogP contribution is 2.57. The van der Waals surface area contributed by atoms with Gasteiger partial charge in [-0.2, -0.15) is 0 Å². The van der Waals surface area contributed by atoms with E-state index in [1.807, 2.05) is 0 Å². The van der Waals surface area contributed by atoms with E-state index in [-0.39, 0.29) is 45.9 Å². The van der Waals surface area contributed by atoms with Crippen LogP contribution in [0, 0.1) is 33.8 Å². The summed E-state index contributed by atoms with van der Waals surface area (Å²) >= 11 is 6.23. The van der Waals surface area contributed by atoms with E-state index in [9.17, 15) is 24.5 Å². The standard InChI is InChI=1S/C23H18ClNO8/c24-16-8-11(1-6-18(16)32-14-4-2-13(3-5-14)25(29)30)17(26)10-31-22(27)20-12-7-15-19(9-12)33-23(28)21(15)20/h1-6,8,12,15,19-21H,7,9-10H2/t12-,15+,19+,20-,21-/m1/s1. The second-order valence-electron chi connectivity index (χ2n) is 8.45. The molecule has 0 unspecified atom stereocenters. The van der Waals surface area contributed by atoms with Crippen LogP contribution in [0.4, 0.5) is 5.69 Å². The third-order valence-corrected chi connectivity index (χ3v) is 6.93. The smallest absolute Gasteiger partial charge is 0.310 e. The highest BCUT2D eigenvalue weighted by Gasteiger charge is 2.64. The SMILES string of the molecule is O=C(COC(=O)[C@@H]1[C@@H]2C[C@@H]3[C@H]1C(=O)O[C@H]3C2)c1ccc(Oc2ccc([N+](=O)[O-])cc2)c(Cl)c1. The van der Waals surface area contributed by atoms with Crippen LogP contribution in [0.2, 0.25) is 5.02 Å². The van der Waals surface area contributed by atoms with Crippen molar-refractivity contribution in [3.05, 3.63) is 63.2 Å². The Morgan fingerprint density at radius 3 is 2.61 bits per heavy atom. The lowest BCUT2D eigenvalue weighted by Crippen LogP contribution is -2.34. The number of Topliss-reactive ketones (excluding diaryl/α,β-unsaturated/α-hetero) is 1. The van der Waals surface area contributed by atoms with Crippen molar-refractivity contribution in [2.24, 2.45) is 23.7 Å². The van der Waals surface area contributed by atoms with Crippen molar-refractivity contribution in [1.82, 2.24) is 0 Å². The van der Waals surface area contributed by atoms with Crippen LogP contribution < -0.4 is 4.74 Å². The molecule has 0 N–H and O–H groups in total. The topological polar surface area (TPSA) is 122 Å². The van der Waals surface area contributed by atoms with Gasteiger partial charge in [-0.25, -0.2) is 0 Å². The zero-order valence-corrected chi connectivity index (χ0v) is 17.9. The average molecular weight is 472 g/mol. The van der Waals surface area contributed by atoms with Crippen molar-refractivity contribution in [2.45, 2.75) is 18.9 Å². The van der Waals surface area contributed by atoms with Gasteiger partial charge in [-0.05, 0) is 49.1 Å². The first-order valence-electron chi connectivity index (χ1n) is 10.4. The van der Waals surface area contributed by atoms with Crippen LogP contribution in [0.15, 0.2) is 42.5 Å². The summed E-state index contributed by atoms with van der Waals surface area (Å²) in [6.45, 7) is -0.462. The second kappa shape index (κ2) is 8.15. The van der Waals surface area contributed by atoms with Gasteiger partial charge in [-0.3, -0.25) is 24.5 Å². The first kappa shape index (κ1) is 21.4. The summed E-state index contributed by atoms with van der Waals surface area (Å²) in [6, 6.07) is 9.85. The predicted molar refractivity (Wildman–Crippen MR) is 113 cm³/mol. The molecule has 170 valence electrons. The molecule has 0 radical (unpaired) electrons. The molecule has 5 rings (SSSR count). The number of benzene rings is 2. The molecule has 33 heavy (non-hydrogen) atoms. The molecule has 2 bridgehead atoms. The maximum Gasteiger partial charge on any atom is 0.310 e. The molecular formula is C23H18ClNO8.